The fourth-order valence-electron chi connectivity index (χ4n) is 4.40. The van der Waals surface area contributed by atoms with E-state index in [1.807, 2.05) is 12.3 Å². The maximum absolute atomic E-state index is 13.0. The molecule has 172 valence electrons. The Bertz CT molecular complexity index is 1100. The first-order chi connectivity index (χ1) is 16.0. The van der Waals surface area contributed by atoms with Gasteiger partial charge in [0.15, 0.2) is 10.9 Å². The van der Waals surface area contributed by atoms with Crippen LogP contribution in [0.4, 0.5) is 15.6 Å². The van der Waals surface area contributed by atoms with Gasteiger partial charge in [0.05, 0.1) is 5.69 Å². The SMILES string of the molecule is CCCN(C(=O)Nc1cccc(C(C)=O)c1)c1nc(-c2ccc(C3CCCCC3)cc2)cs1. The highest BCUT2D eigenvalue weighted by Gasteiger charge is 2.20. The second kappa shape index (κ2) is 10.8. The van der Waals surface area contributed by atoms with E-state index < -0.39 is 0 Å². The standard InChI is InChI=1S/C27H31N3O2S/c1-3-16-30(26(32)28-24-11-7-10-23(17-24)19(2)31)27-29-25(18-33-27)22-14-12-21(13-15-22)20-8-5-4-6-9-20/h7,10-15,17-18,20H,3-6,8-9,16H2,1-2H3,(H,28,32). The number of hydrogen-bond acceptors (Lipinski definition) is 4. The molecule has 1 aliphatic carbocycles. The Balaban J connectivity index is 1.49. The van der Waals surface area contributed by atoms with Crippen molar-refractivity contribution in [1.82, 2.24) is 4.98 Å². The molecule has 1 aromatic heterocycles. The van der Waals surface area contributed by atoms with Crippen LogP contribution in [-0.2, 0) is 0 Å². The molecular weight excluding hydrogens is 430 g/mol. The number of aromatic nitrogens is 1. The van der Waals surface area contributed by atoms with Crippen LogP contribution in [0.1, 0.15) is 74.2 Å². The highest BCUT2D eigenvalue weighted by atomic mass is 32.1. The molecule has 1 fully saturated rings. The number of urea groups is 1. The summed E-state index contributed by atoms with van der Waals surface area (Å²) in [4.78, 5) is 31.2. The molecule has 0 atom stereocenters. The van der Waals surface area contributed by atoms with Crippen molar-refractivity contribution in [1.29, 1.82) is 0 Å². The number of Topliss-reactive ketones (excluding diaryl/α,β-unsaturated/α-hetero) is 1. The van der Waals surface area contributed by atoms with Gasteiger partial charge in [-0.2, -0.15) is 0 Å². The lowest BCUT2D eigenvalue weighted by Gasteiger charge is -2.22. The van der Waals surface area contributed by atoms with E-state index in [4.69, 9.17) is 4.98 Å². The molecule has 3 aromatic rings. The topological polar surface area (TPSA) is 62.3 Å². The summed E-state index contributed by atoms with van der Waals surface area (Å²) in [6.07, 6.45) is 7.41. The molecule has 33 heavy (non-hydrogen) atoms. The molecule has 1 saturated carbocycles. The van der Waals surface area contributed by atoms with Crippen LogP contribution in [0.25, 0.3) is 11.3 Å². The molecule has 0 unspecified atom stereocenters. The number of rotatable bonds is 7. The van der Waals surface area contributed by atoms with Gasteiger partial charge >= 0.3 is 6.03 Å². The maximum atomic E-state index is 13.0. The number of carbonyl (C=O) groups excluding carboxylic acids is 2. The van der Waals surface area contributed by atoms with Crippen LogP contribution in [0, 0.1) is 0 Å². The molecule has 1 aliphatic rings. The van der Waals surface area contributed by atoms with Crippen LogP contribution in [0.3, 0.4) is 0 Å². The van der Waals surface area contributed by atoms with Crippen molar-refractivity contribution in [2.24, 2.45) is 0 Å². The first-order valence-corrected chi connectivity index (χ1v) is 12.7. The van der Waals surface area contributed by atoms with Gasteiger partial charge in [-0.15, -0.1) is 11.3 Å². The van der Waals surface area contributed by atoms with E-state index in [2.05, 4.69) is 29.6 Å². The van der Waals surface area contributed by atoms with Crippen molar-refractivity contribution in [3.8, 4) is 11.3 Å². The average Bonchev–Trinajstić information content (AvgIpc) is 3.33. The quantitative estimate of drug-likeness (QED) is 0.370. The second-order valence-electron chi connectivity index (χ2n) is 8.69. The Kier molecular flexibility index (Phi) is 7.55. The minimum Gasteiger partial charge on any atom is -0.307 e. The summed E-state index contributed by atoms with van der Waals surface area (Å²) in [5.74, 6) is 0.652. The van der Waals surface area contributed by atoms with E-state index in [1.165, 1.54) is 55.9 Å². The highest BCUT2D eigenvalue weighted by molar-refractivity contribution is 7.14. The maximum Gasteiger partial charge on any atom is 0.328 e. The van der Waals surface area contributed by atoms with Crippen LogP contribution in [0.5, 0.6) is 0 Å². The van der Waals surface area contributed by atoms with E-state index in [0.29, 0.717) is 28.8 Å². The Morgan fingerprint density at radius 1 is 1.09 bits per heavy atom. The number of anilines is 2. The summed E-state index contributed by atoms with van der Waals surface area (Å²) in [6.45, 7) is 4.12. The minimum atomic E-state index is -0.244. The van der Waals surface area contributed by atoms with Gasteiger partial charge in [-0.3, -0.25) is 9.69 Å². The molecule has 2 aromatic carbocycles. The molecule has 0 bridgehead atoms. The van der Waals surface area contributed by atoms with Gasteiger partial charge in [0.1, 0.15) is 0 Å². The fraction of sp³-hybridized carbons (Fsp3) is 0.370. The number of benzene rings is 2. The Morgan fingerprint density at radius 2 is 1.85 bits per heavy atom. The zero-order valence-corrected chi connectivity index (χ0v) is 20.2. The molecule has 2 amide bonds. The summed E-state index contributed by atoms with van der Waals surface area (Å²) < 4.78 is 0. The number of ketones is 1. The fourth-order valence-corrected chi connectivity index (χ4v) is 5.26. The first kappa shape index (κ1) is 23.2. The molecular formula is C27H31N3O2S. The normalized spacial score (nSPS) is 14.1. The van der Waals surface area contributed by atoms with E-state index in [1.54, 1.807) is 29.2 Å². The Hall–Kier alpha value is -2.99. The van der Waals surface area contributed by atoms with Crippen molar-refractivity contribution < 1.29 is 9.59 Å². The van der Waals surface area contributed by atoms with Crippen LogP contribution in [0.15, 0.2) is 53.9 Å². The van der Waals surface area contributed by atoms with Crippen LogP contribution >= 0.6 is 11.3 Å². The van der Waals surface area contributed by atoms with Gasteiger partial charge in [-0.1, -0.05) is 62.6 Å². The van der Waals surface area contributed by atoms with Gasteiger partial charge in [0.2, 0.25) is 0 Å². The van der Waals surface area contributed by atoms with E-state index in [0.717, 1.165) is 17.7 Å². The number of amides is 2. The monoisotopic (exact) mass is 461 g/mol. The number of carbonyl (C=O) groups is 2. The van der Waals surface area contributed by atoms with Crippen molar-refractivity contribution in [3.63, 3.8) is 0 Å². The van der Waals surface area contributed by atoms with Crippen LogP contribution < -0.4 is 10.2 Å². The molecule has 1 heterocycles. The number of thiazole rings is 1. The summed E-state index contributed by atoms with van der Waals surface area (Å²) in [5.41, 5.74) is 4.56. The largest absolute Gasteiger partial charge is 0.328 e. The van der Waals surface area contributed by atoms with Gasteiger partial charge in [-0.05, 0) is 49.8 Å². The predicted octanol–water partition coefficient (Wildman–Crippen LogP) is 7.51. The lowest BCUT2D eigenvalue weighted by Crippen LogP contribution is -2.35. The van der Waals surface area contributed by atoms with Crippen molar-refractivity contribution >= 4 is 34.0 Å². The summed E-state index contributed by atoms with van der Waals surface area (Å²) in [6, 6.07) is 15.5. The van der Waals surface area contributed by atoms with Crippen molar-refractivity contribution in [2.75, 3.05) is 16.8 Å². The van der Waals surface area contributed by atoms with Gasteiger partial charge < -0.3 is 5.32 Å². The predicted molar refractivity (Wildman–Crippen MR) is 136 cm³/mol. The lowest BCUT2D eigenvalue weighted by molar-refractivity contribution is 0.101. The molecule has 6 heteroatoms. The number of nitrogens with zero attached hydrogens (tertiary/aromatic N) is 2. The molecule has 0 aliphatic heterocycles. The molecule has 0 radical (unpaired) electrons. The third-order valence-electron chi connectivity index (χ3n) is 6.22. The molecule has 0 spiro atoms. The van der Waals surface area contributed by atoms with Gasteiger partial charge in [0.25, 0.3) is 0 Å². The molecule has 4 rings (SSSR count). The van der Waals surface area contributed by atoms with E-state index in [-0.39, 0.29) is 11.8 Å². The number of nitrogens with one attached hydrogen (secondary N) is 1. The van der Waals surface area contributed by atoms with Crippen molar-refractivity contribution in [2.45, 2.75) is 58.3 Å². The zero-order chi connectivity index (χ0) is 23.2. The van der Waals surface area contributed by atoms with Gasteiger partial charge in [-0.25, -0.2) is 9.78 Å². The smallest absolute Gasteiger partial charge is 0.307 e. The van der Waals surface area contributed by atoms with Crippen LogP contribution in [-0.4, -0.2) is 23.3 Å². The summed E-state index contributed by atoms with van der Waals surface area (Å²) >= 11 is 1.47. The van der Waals surface area contributed by atoms with E-state index in [9.17, 15) is 9.59 Å². The highest BCUT2D eigenvalue weighted by Crippen LogP contribution is 2.34. The van der Waals surface area contributed by atoms with Crippen molar-refractivity contribution in [3.05, 3.63) is 65.0 Å². The summed E-state index contributed by atoms with van der Waals surface area (Å²) in [5, 5.41) is 5.60. The third-order valence-corrected chi connectivity index (χ3v) is 7.08. The second-order valence-corrected chi connectivity index (χ2v) is 9.53. The van der Waals surface area contributed by atoms with Crippen LogP contribution in [0.2, 0.25) is 0 Å². The van der Waals surface area contributed by atoms with Gasteiger partial charge in [0, 0.05) is 28.7 Å². The molecule has 5 nitrogen and oxygen atoms in total. The summed E-state index contributed by atoms with van der Waals surface area (Å²) in [7, 11) is 0. The Labute approximate surface area is 199 Å². The number of hydrogen-bond donors (Lipinski definition) is 1. The first-order valence-electron chi connectivity index (χ1n) is 11.8. The average molecular weight is 462 g/mol. The zero-order valence-electron chi connectivity index (χ0n) is 19.3. The van der Waals surface area contributed by atoms with E-state index >= 15 is 0 Å². The molecule has 0 saturated heterocycles. The molecule has 1 N–H and O–H groups in total. The lowest BCUT2D eigenvalue weighted by atomic mass is 9.84. The third kappa shape index (κ3) is 5.69. The minimum absolute atomic E-state index is 0.0319. The Morgan fingerprint density at radius 3 is 2.55 bits per heavy atom.